The number of hydrogen-bond donors (Lipinski definition) is 7. The van der Waals surface area contributed by atoms with Gasteiger partial charge in [-0.1, -0.05) is 0 Å². The summed E-state index contributed by atoms with van der Waals surface area (Å²) in [6, 6.07) is -4.92. The lowest BCUT2D eigenvalue weighted by atomic mass is 10.1. The summed E-state index contributed by atoms with van der Waals surface area (Å²) in [4.78, 5) is 71.8. The number of aliphatic carboxylic acids is 1. The van der Waals surface area contributed by atoms with Crippen molar-refractivity contribution >= 4 is 35.5 Å². The Bertz CT molecular complexity index is 745. The largest absolute Gasteiger partial charge is 0.480 e. The molecule has 4 unspecified atom stereocenters. The number of carbonyl (C=O) groups is 6. The minimum Gasteiger partial charge on any atom is -0.480 e. The third-order valence-electron chi connectivity index (χ3n) is 4.97. The van der Waals surface area contributed by atoms with Gasteiger partial charge in [0.05, 0.1) is 12.6 Å². The Morgan fingerprint density at radius 3 is 2.09 bits per heavy atom. The van der Waals surface area contributed by atoms with Gasteiger partial charge in [-0.15, -0.1) is 0 Å². The van der Waals surface area contributed by atoms with Gasteiger partial charge in [-0.05, 0) is 25.7 Å². The lowest BCUT2D eigenvalue weighted by molar-refractivity contribution is -0.143. The Balaban J connectivity index is 2.76. The number of nitrogens with one attached hydrogen (secondary N) is 2. The van der Waals surface area contributed by atoms with Gasteiger partial charge in [-0.25, -0.2) is 4.79 Å². The first-order chi connectivity index (χ1) is 15.0. The molecule has 14 heteroatoms. The van der Waals surface area contributed by atoms with Crippen molar-refractivity contribution < 1.29 is 39.0 Å². The molecule has 180 valence electrons. The van der Waals surface area contributed by atoms with E-state index in [1.807, 2.05) is 0 Å². The lowest BCUT2D eigenvalue weighted by Gasteiger charge is -2.28. The maximum Gasteiger partial charge on any atom is 0.326 e. The molecule has 0 aromatic heterocycles. The average molecular weight is 458 g/mol. The maximum atomic E-state index is 12.7. The molecule has 0 aromatic rings. The fourth-order valence-corrected chi connectivity index (χ4v) is 3.22. The molecule has 14 nitrogen and oxygen atoms in total. The van der Waals surface area contributed by atoms with E-state index in [0.29, 0.717) is 6.42 Å². The zero-order valence-electron chi connectivity index (χ0n) is 17.5. The molecule has 1 saturated heterocycles. The van der Waals surface area contributed by atoms with Crippen LogP contribution in [0.25, 0.3) is 0 Å². The number of hydrogen-bond acceptors (Lipinski definition) is 8. The molecule has 4 atom stereocenters. The first kappa shape index (κ1) is 26.8. The number of nitrogens with two attached hydrogens (primary N) is 3. The number of carboxylic acids is 1. The second kappa shape index (κ2) is 12.6. The molecule has 1 rings (SSSR count). The van der Waals surface area contributed by atoms with E-state index in [4.69, 9.17) is 22.3 Å². The van der Waals surface area contributed by atoms with Gasteiger partial charge in [0, 0.05) is 19.4 Å². The molecular formula is C18H30N6O8. The minimum absolute atomic E-state index is 0.0164. The van der Waals surface area contributed by atoms with Crippen LogP contribution in [0.4, 0.5) is 0 Å². The predicted octanol–water partition coefficient (Wildman–Crippen LogP) is -4.12. The number of carbonyl (C=O) groups excluding carboxylic acids is 5. The summed E-state index contributed by atoms with van der Waals surface area (Å²) in [5, 5.41) is 23.1. The number of aliphatic hydroxyl groups excluding tert-OH is 1. The standard InChI is InChI=1S/C18H30N6O8/c19-9(3-5-13(20)26)17(30)24-7-1-2-12(24)16(29)23-11(8-25)15(28)22-10(18(31)32)4-6-14(21)27/h9-12,25H,1-8,19H2,(H2,20,26)(H2,21,27)(H,22,28)(H,23,29)(H,31,32). The molecule has 1 aliphatic heterocycles. The van der Waals surface area contributed by atoms with E-state index in [1.54, 1.807) is 0 Å². The van der Waals surface area contributed by atoms with Crippen molar-refractivity contribution in [3.8, 4) is 0 Å². The summed E-state index contributed by atoms with van der Waals surface area (Å²) in [6.45, 7) is -0.593. The quantitative estimate of drug-likeness (QED) is 0.141. The van der Waals surface area contributed by atoms with Gasteiger partial charge in [-0.3, -0.25) is 24.0 Å². The molecule has 1 heterocycles. The zero-order valence-corrected chi connectivity index (χ0v) is 17.5. The van der Waals surface area contributed by atoms with E-state index < -0.39 is 66.3 Å². The van der Waals surface area contributed by atoms with Crippen LogP contribution in [0, 0.1) is 0 Å². The molecule has 0 aromatic carbocycles. The topological polar surface area (TPSA) is 248 Å². The van der Waals surface area contributed by atoms with Crippen molar-refractivity contribution in [3.05, 3.63) is 0 Å². The van der Waals surface area contributed by atoms with Crippen molar-refractivity contribution in [2.24, 2.45) is 17.2 Å². The van der Waals surface area contributed by atoms with Crippen LogP contribution in [0.1, 0.15) is 38.5 Å². The van der Waals surface area contributed by atoms with Crippen molar-refractivity contribution in [1.82, 2.24) is 15.5 Å². The second-order valence-corrected chi connectivity index (χ2v) is 7.45. The fraction of sp³-hybridized carbons (Fsp3) is 0.667. The van der Waals surface area contributed by atoms with Gasteiger partial charge < -0.3 is 42.9 Å². The fourth-order valence-electron chi connectivity index (χ4n) is 3.22. The monoisotopic (exact) mass is 458 g/mol. The predicted molar refractivity (Wildman–Crippen MR) is 108 cm³/mol. The molecular weight excluding hydrogens is 428 g/mol. The van der Waals surface area contributed by atoms with Crippen LogP contribution in [-0.2, 0) is 28.8 Å². The molecule has 0 radical (unpaired) electrons. The van der Waals surface area contributed by atoms with Gasteiger partial charge in [0.2, 0.25) is 29.5 Å². The maximum absolute atomic E-state index is 12.7. The van der Waals surface area contributed by atoms with Gasteiger partial charge in [0.1, 0.15) is 18.1 Å². The number of nitrogens with zero attached hydrogens (tertiary/aromatic N) is 1. The molecule has 0 spiro atoms. The third kappa shape index (κ3) is 8.11. The van der Waals surface area contributed by atoms with Crippen molar-refractivity contribution in [2.75, 3.05) is 13.2 Å². The van der Waals surface area contributed by atoms with Crippen molar-refractivity contribution in [3.63, 3.8) is 0 Å². The first-order valence-corrected chi connectivity index (χ1v) is 10.0. The van der Waals surface area contributed by atoms with Crippen LogP contribution in [0.15, 0.2) is 0 Å². The highest BCUT2D eigenvalue weighted by molar-refractivity contribution is 5.94. The second-order valence-electron chi connectivity index (χ2n) is 7.45. The molecule has 1 fully saturated rings. The number of aliphatic hydroxyl groups is 1. The van der Waals surface area contributed by atoms with Crippen LogP contribution in [0.3, 0.4) is 0 Å². The normalized spacial score (nSPS) is 18.3. The number of primary amides is 2. The summed E-state index contributed by atoms with van der Waals surface area (Å²) in [5.74, 6) is -5.04. The molecule has 0 saturated carbocycles. The number of likely N-dealkylation sites (tertiary alicyclic amines) is 1. The molecule has 32 heavy (non-hydrogen) atoms. The van der Waals surface area contributed by atoms with Crippen LogP contribution in [-0.4, -0.2) is 87.9 Å². The average Bonchev–Trinajstić information content (AvgIpc) is 3.21. The van der Waals surface area contributed by atoms with E-state index >= 15 is 0 Å². The third-order valence-corrected chi connectivity index (χ3v) is 4.97. The van der Waals surface area contributed by atoms with E-state index in [9.17, 15) is 33.9 Å². The highest BCUT2D eigenvalue weighted by Crippen LogP contribution is 2.19. The molecule has 1 aliphatic rings. The lowest BCUT2D eigenvalue weighted by Crippen LogP contribution is -2.57. The Morgan fingerprint density at radius 1 is 0.969 bits per heavy atom. The number of rotatable bonds is 13. The van der Waals surface area contributed by atoms with E-state index in [-0.39, 0.29) is 38.6 Å². The van der Waals surface area contributed by atoms with Gasteiger partial charge in [-0.2, -0.15) is 0 Å². The van der Waals surface area contributed by atoms with Crippen LogP contribution in [0.2, 0.25) is 0 Å². The summed E-state index contributed by atoms with van der Waals surface area (Å²) in [5.41, 5.74) is 15.8. The summed E-state index contributed by atoms with van der Waals surface area (Å²) in [7, 11) is 0. The SMILES string of the molecule is NC(=O)CCC(N)C(=O)N1CCCC1C(=O)NC(CO)C(=O)NC(CCC(N)=O)C(=O)O. The number of amides is 5. The van der Waals surface area contributed by atoms with Gasteiger partial charge in [0.25, 0.3) is 0 Å². The van der Waals surface area contributed by atoms with E-state index in [2.05, 4.69) is 10.6 Å². The smallest absolute Gasteiger partial charge is 0.326 e. The molecule has 0 aliphatic carbocycles. The summed E-state index contributed by atoms with van der Waals surface area (Å²) in [6.07, 6.45) is 0.152. The van der Waals surface area contributed by atoms with Crippen LogP contribution < -0.4 is 27.8 Å². The van der Waals surface area contributed by atoms with Gasteiger partial charge in [0.15, 0.2) is 0 Å². The summed E-state index contributed by atoms with van der Waals surface area (Å²) < 4.78 is 0. The summed E-state index contributed by atoms with van der Waals surface area (Å²) >= 11 is 0. The number of carboxylic acid groups (broad SMARTS) is 1. The minimum atomic E-state index is -1.49. The Morgan fingerprint density at radius 2 is 1.56 bits per heavy atom. The van der Waals surface area contributed by atoms with Gasteiger partial charge >= 0.3 is 5.97 Å². The molecule has 10 N–H and O–H groups in total. The van der Waals surface area contributed by atoms with Crippen molar-refractivity contribution in [2.45, 2.75) is 62.7 Å². The van der Waals surface area contributed by atoms with Crippen LogP contribution >= 0.6 is 0 Å². The Labute approximate surface area is 183 Å². The van der Waals surface area contributed by atoms with E-state index in [1.165, 1.54) is 4.90 Å². The highest BCUT2D eigenvalue weighted by Gasteiger charge is 2.37. The highest BCUT2D eigenvalue weighted by atomic mass is 16.4. The molecule has 5 amide bonds. The van der Waals surface area contributed by atoms with E-state index in [0.717, 1.165) is 0 Å². The van der Waals surface area contributed by atoms with Crippen LogP contribution in [0.5, 0.6) is 0 Å². The Kier molecular flexibility index (Phi) is 10.5. The zero-order chi connectivity index (χ0) is 24.4. The first-order valence-electron chi connectivity index (χ1n) is 10.0. The van der Waals surface area contributed by atoms with Crippen molar-refractivity contribution in [1.29, 1.82) is 0 Å². The Hall–Kier alpha value is -3.26. The molecule has 0 bridgehead atoms.